The second-order valence-electron chi connectivity index (χ2n) is 7.03. The summed E-state index contributed by atoms with van der Waals surface area (Å²) >= 11 is 6.22. The Morgan fingerprint density at radius 2 is 1.73 bits per heavy atom. The van der Waals surface area contributed by atoms with Gasteiger partial charge in [0.05, 0.1) is 9.95 Å². The summed E-state index contributed by atoms with van der Waals surface area (Å²) in [4.78, 5) is 27.0. The van der Waals surface area contributed by atoms with Crippen LogP contribution in [0.5, 0.6) is 5.75 Å². The molecule has 0 bridgehead atoms. The lowest BCUT2D eigenvalue weighted by molar-refractivity contribution is -0.384. The lowest BCUT2D eigenvalue weighted by Gasteiger charge is -2.36. The third-order valence-electron chi connectivity index (χ3n) is 5.19. The van der Waals surface area contributed by atoms with E-state index < -0.39 is 4.92 Å². The van der Waals surface area contributed by atoms with E-state index in [2.05, 4.69) is 0 Å². The zero-order chi connectivity index (χ0) is 21.1. The van der Waals surface area contributed by atoms with Gasteiger partial charge in [-0.1, -0.05) is 48.0 Å². The number of carbonyl (C=O) groups excluding carboxylic acids is 1. The van der Waals surface area contributed by atoms with Crippen molar-refractivity contribution in [2.24, 2.45) is 0 Å². The number of nitro benzene ring substituents is 1. The number of hydrogen-bond acceptors (Lipinski definition) is 5. The predicted octanol–water partition coefficient (Wildman–Crippen LogP) is 4.13. The number of hydrogen-bond donors (Lipinski definition) is 0. The van der Waals surface area contributed by atoms with Gasteiger partial charge in [-0.25, -0.2) is 0 Å². The van der Waals surface area contributed by atoms with Gasteiger partial charge in [0.15, 0.2) is 6.61 Å². The van der Waals surface area contributed by atoms with E-state index in [1.165, 1.54) is 6.07 Å². The van der Waals surface area contributed by atoms with Crippen LogP contribution in [-0.4, -0.2) is 48.5 Å². The average molecular weight is 426 g/mol. The largest absolute Gasteiger partial charge is 0.484 e. The van der Waals surface area contributed by atoms with Gasteiger partial charge in [-0.2, -0.15) is 0 Å². The second-order valence-corrected chi connectivity index (χ2v) is 7.44. The van der Waals surface area contributed by atoms with Crippen molar-refractivity contribution < 1.29 is 14.5 Å². The fourth-order valence-electron chi connectivity index (χ4n) is 3.64. The predicted molar refractivity (Wildman–Crippen MR) is 116 cm³/mol. The summed E-state index contributed by atoms with van der Waals surface area (Å²) in [5.41, 5.74) is 0.380. The van der Waals surface area contributed by atoms with Crippen LogP contribution in [0.3, 0.4) is 0 Å². The van der Waals surface area contributed by atoms with Crippen LogP contribution in [0, 0.1) is 10.1 Å². The first-order valence-electron chi connectivity index (χ1n) is 9.60. The van der Waals surface area contributed by atoms with Gasteiger partial charge in [0.1, 0.15) is 11.4 Å². The summed E-state index contributed by atoms with van der Waals surface area (Å²) < 4.78 is 5.70. The van der Waals surface area contributed by atoms with Crippen molar-refractivity contribution in [1.29, 1.82) is 0 Å². The topological polar surface area (TPSA) is 75.9 Å². The van der Waals surface area contributed by atoms with Crippen LogP contribution in [0.15, 0.2) is 60.7 Å². The monoisotopic (exact) mass is 425 g/mol. The van der Waals surface area contributed by atoms with Crippen molar-refractivity contribution in [3.63, 3.8) is 0 Å². The normalized spacial score (nSPS) is 14.0. The number of carbonyl (C=O) groups is 1. The van der Waals surface area contributed by atoms with Gasteiger partial charge in [0.2, 0.25) is 0 Å². The highest BCUT2D eigenvalue weighted by atomic mass is 35.5. The molecule has 30 heavy (non-hydrogen) atoms. The van der Waals surface area contributed by atoms with Crippen LogP contribution in [-0.2, 0) is 4.79 Å². The molecule has 1 saturated heterocycles. The molecule has 0 unspecified atom stereocenters. The first kappa shape index (κ1) is 20.0. The fraction of sp³-hybridized carbons (Fsp3) is 0.227. The molecular weight excluding hydrogens is 406 g/mol. The van der Waals surface area contributed by atoms with Gasteiger partial charge in [0, 0.05) is 32.2 Å². The van der Waals surface area contributed by atoms with E-state index in [0.717, 1.165) is 10.8 Å². The molecule has 0 aliphatic carbocycles. The Balaban J connectivity index is 1.36. The molecule has 0 N–H and O–H groups in total. The zero-order valence-electron chi connectivity index (χ0n) is 16.2. The summed E-state index contributed by atoms with van der Waals surface area (Å²) in [6.07, 6.45) is 0. The maximum Gasteiger partial charge on any atom is 0.294 e. The molecule has 0 saturated carbocycles. The molecule has 0 spiro atoms. The van der Waals surface area contributed by atoms with E-state index in [4.69, 9.17) is 16.3 Å². The van der Waals surface area contributed by atoms with Crippen LogP contribution >= 0.6 is 11.6 Å². The Hall–Kier alpha value is -3.32. The van der Waals surface area contributed by atoms with E-state index in [-0.39, 0.29) is 18.2 Å². The van der Waals surface area contributed by atoms with Gasteiger partial charge in [-0.3, -0.25) is 14.9 Å². The molecule has 3 aromatic carbocycles. The molecule has 154 valence electrons. The Kier molecular flexibility index (Phi) is 5.72. The van der Waals surface area contributed by atoms with Gasteiger partial charge in [-0.15, -0.1) is 0 Å². The SMILES string of the molecule is O=C(COc1ccc2ccccc2c1)N1CCN(c2c(Cl)cccc2[N+](=O)[O-])CC1. The highest BCUT2D eigenvalue weighted by Crippen LogP contribution is 2.35. The maximum atomic E-state index is 12.6. The number of benzene rings is 3. The van der Waals surface area contributed by atoms with Crippen molar-refractivity contribution in [1.82, 2.24) is 4.90 Å². The summed E-state index contributed by atoms with van der Waals surface area (Å²) in [5.74, 6) is 0.531. The number of nitro groups is 1. The highest BCUT2D eigenvalue weighted by Gasteiger charge is 2.27. The number of ether oxygens (including phenoxy) is 1. The Labute approximate surface area is 178 Å². The number of fused-ring (bicyclic) bond motifs is 1. The minimum absolute atomic E-state index is 0.0260. The van der Waals surface area contributed by atoms with Crippen molar-refractivity contribution in [3.8, 4) is 5.75 Å². The van der Waals surface area contributed by atoms with E-state index in [9.17, 15) is 14.9 Å². The zero-order valence-corrected chi connectivity index (χ0v) is 16.9. The number of halogens is 1. The molecule has 1 heterocycles. The van der Waals surface area contributed by atoms with E-state index >= 15 is 0 Å². The Morgan fingerprint density at radius 3 is 2.47 bits per heavy atom. The molecule has 7 nitrogen and oxygen atoms in total. The third kappa shape index (κ3) is 4.16. The van der Waals surface area contributed by atoms with Crippen LogP contribution < -0.4 is 9.64 Å². The summed E-state index contributed by atoms with van der Waals surface area (Å²) in [7, 11) is 0. The number of rotatable bonds is 5. The van der Waals surface area contributed by atoms with E-state index in [1.54, 1.807) is 17.0 Å². The van der Waals surface area contributed by atoms with Crippen molar-refractivity contribution >= 4 is 39.7 Å². The number of anilines is 1. The van der Waals surface area contributed by atoms with Crippen molar-refractivity contribution in [2.75, 3.05) is 37.7 Å². The summed E-state index contributed by atoms with van der Waals surface area (Å²) in [5, 5.41) is 13.8. The molecule has 0 atom stereocenters. The number of piperazine rings is 1. The highest BCUT2D eigenvalue weighted by molar-refractivity contribution is 6.33. The van der Waals surface area contributed by atoms with E-state index in [1.807, 2.05) is 47.4 Å². The Morgan fingerprint density at radius 1 is 1.00 bits per heavy atom. The first-order valence-corrected chi connectivity index (χ1v) is 9.98. The maximum absolute atomic E-state index is 12.6. The summed E-state index contributed by atoms with van der Waals surface area (Å²) in [6.45, 7) is 1.77. The minimum Gasteiger partial charge on any atom is -0.484 e. The molecule has 1 amide bonds. The summed E-state index contributed by atoms with van der Waals surface area (Å²) in [6, 6.07) is 18.3. The van der Waals surface area contributed by atoms with Crippen molar-refractivity contribution in [3.05, 3.63) is 75.8 Å². The Bertz CT molecular complexity index is 1100. The van der Waals surface area contributed by atoms with E-state index in [0.29, 0.717) is 42.6 Å². The number of para-hydroxylation sites is 1. The van der Waals surface area contributed by atoms with Crippen molar-refractivity contribution in [2.45, 2.75) is 0 Å². The standard InChI is InChI=1S/C22H20ClN3O4/c23-19-6-3-7-20(26(28)29)22(19)25-12-10-24(11-13-25)21(27)15-30-18-9-8-16-4-1-2-5-17(16)14-18/h1-9,14H,10-13,15H2. The molecule has 0 aromatic heterocycles. The number of amides is 1. The average Bonchev–Trinajstić information content (AvgIpc) is 2.77. The van der Waals surface area contributed by atoms with Crippen LogP contribution in [0.4, 0.5) is 11.4 Å². The smallest absolute Gasteiger partial charge is 0.294 e. The molecule has 1 aliphatic rings. The lowest BCUT2D eigenvalue weighted by Crippen LogP contribution is -2.50. The molecule has 8 heteroatoms. The fourth-order valence-corrected chi connectivity index (χ4v) is 3.93. The first-order chi connectivity index (χ1) is 14.5. The molecular formula is C22H20ClN3O4. The molecule has 1 fully saturated rings. The minimum atomic E-state index is -0.434. The number of nitrogens with zero attached hydrogens (tertiary/aromatic N) is 3. The van der Waals surface area contributed by atoms with Crippen LogP contribution in [0.2, 0.25) is 5.02 Å². The third-order valence-corrected chi connectivity index (χ3v) is 5.50. The van der Waals surface area contributed by atoms with Gasteiger partial charge >= 0.3 is 0 Å². The molecule has 0 radical (unpaired) electrons. The molecule has 4 rings (SSSR count). The van der Waals surface area contributed by atoms with Gasteiger partial charge < -0.3 is 14.5 Å². The molecule has 3 aromatic rings. The van der Waals surface area contributed by atoms with Crippen LogP contribution in [0.25, 0.3) is 10.8 Å². The second kappa shape index (κ2) is 8.59. The lowest BCUT2D eigenvalue weighted by atomic mass is 10.1. The molecule has 1 aliphatic heterocycles. The van der Waals surface area contributed by atoms with Crippen LogP contribution in [0.1, 0.15) is 0 Å². The van der Waals surface area contributed by atoms with Gasteiger partial charge in [0.25, 0.3) is 11.6 Å². The quantitative estimate of drug-likeness (QED) is 0.454. The van der Waals surface area contributed by atoms with Gasteiger partial charge in [-0.05, 0) is 29.0 Å².